The summed E-state index contributed by atoms with van der Waals surface area (Å²) in [5.41, 5.74) is 4.26. The smallest absolute Gasteiger partial charge is 0.335 e. The lowest BCUT2D eigenvalue weighted by Crippen LogP contribution is -2.07. The van der Waals surface area contributed by atoms with Gasteiger partial charge < -0.3 is 9.67 Å². The number of carbonyl (C=O) groups is 1. The summed E-state index contributed by atoms with van der Waals surface area (Å²) in [6.07, 6.45) is 9.63. The van der Waals surface area contributed by atoms with Crippen molar-refractivity contribution in [1.29, 1.82) is 0 Å². The van der Waals surface area contributed by atoms with Crippen LogP contribution in [-0.2, 0) is 25.8 Å². The number of aryl methyl sites for hydroxylation is 4. The highest BCUT2D eigenvalue weighted by molar-refractivity contribution is 5.87. The SMILES string of the molecule is CCc1cnc(CCCc2cc(C(=O)O)cc(C)n2)n1C/C=C/c1ccccc1. The molecule has 150 valence electrons. The molecule has 0 fully saturated rings. The maximum absolute atomic E-state index is 11.2. The van der Waals surface area contributed by atoms with E-state index in [0.29, 0.717) is 5.56 Å². The van der Waals surface area contributed by atoms with E-state index in [2.05, 4.69) is 45.7 Å². The van der Waals surface area contributed by atoms with Gasteiger partial charge in [0.25, 0.3) is 0 Å². The lowest BCUT2D eigenvalue weighted by Gasteiger charge is -2.09. The summed E-state index contributed by atoms with van der Waals surface area (Å²) in [6.45, 7) is 4.76. The molecule has 0 saturated heterocycles. The minimum atomic E-state index is -0.912. The number of hydrogen-bond acceptors (Lipinski definition) is 3. The summed E-state index contributed by atoms with van der Waals surface area (Å²) < 4.78 is 2.27. The van der Waals surface area contributed by atoms with Crippen LogP contribution in [0.15, 0.2) is 54.7 Å². The number of benzene rings is 1. The van der Waals surface area contributed by atoms with Crippen molar-refractivity contribution in [1.82, 2.24) is 14.5 Å². The van der Waals surface area contributed by atoms with Gasteiger partial charge in [-0.3, -0.25) is 4.98 Å². The predicted octanol–water partition coefficient (Wildman–Crippen LogP) is 4.74. The van der Waals surface area contributed by atoms with Crippen LogP contribution in [0.3, 0.4) is 0 Å². The van der Waals surface area contributed by atoms with Crippen LogP contribution in [0.5, 0.6) is 0 Å². The van der Waals surface area contributed by atoms with Crippen LogP contribution < -0.4 is 0 Å². The second-order valence-electron chi connectivity index (χ2n) is 7.09. The van der Waals surface area contributed by atoms with Crippen LogP contribution in [-0.4, -0.2) is 25.6 Å². The Balaban J connectivity index is 1.65. The Bertz CT molecular complexity index is 991. The van der Waals surface area contributed by atoms with Gasteiger partial charge in [0.05, 0.1) is 5.56 Å². The molecule has 0 radical (unpaired) electrons. The van der Waals surface area contributed by atoms with Crippen LogP contribution in [0.25, 0.3) is 6.08 Å². The number of allylic oxidation sites excluding steroid dienone is 1. The number of carboxylic acids is 1. The molecule has 0 bridgehead atoms. The Hall–Kier alpha value is -3.21. The van der Waals surface area contributed by atoms with E-state index in [1.54, 1.807) is 12.1 Å². The van der Waals surface area contributed by atoms with E-state index in [9.17, 15) is 9.90 Å². The molecule has 5 nitrogen and oxygen atoms in total. The Morgan fingerprint density at radius 3 is 2.69 bits per heavy atom. The highest BCUT2D eigenvalue weighted by Crippen LogP contribution is 2.13. The number of nitrogens with zero attached hydrogens (tertiary/aromatic N) is 3. The zero-order valence-corrected chi connectivity index (χ0v) is 17.0. The average Bonchev–Trinajstić information content (AvgIpc) is 3.10. The van der Waals surface area contributed by atoms with Crippen molar-refractivity contribution in [3.05, 3.63) is 88.8 Å². The molecule has 2 aromatic heterocycles. The molecule has 1 aromatic carbocycles. The quantitative estimate of drug-likeness (QED) is 0.574. The molecule has 0 aliphatic carbocycles. The van der Waals surface area contributed by atoms with Crippen molar-refractivity contribution in [3.63, 3.8) is 0 Å². The lowest BCUT2D eigenvalue weighted by atomic mass is 10.1. The fourth-order valence-corrected chi connectivity index (χ4v) is 3.43. The van der Waals surface area contributed by atoms with Crippen LogP contribution in [0.4, 0.5) is 0 Å². The van der Waals surface area contributed by atoms with Crippen LogP contribution in [0.2, 0.25) is 0 Å². The molecule has 0 unspecified atom stereocenters. The average molecular weight is 389 g/mol. The summed E-state index contributed by atoms with van der Waals surface area (Å²) in [5, 5.41) is 9.22. The molecular weight excluding hydrogens is 362 g/mol. The number of rotatable bonds is 9. The Morgan fingerprint density at radius 1 is 1.17 bits per heavy atom. The molecule has 3 aromatic rings. The molecule has 0 aliphatic heterocycles. The molecule has 29 heavy (non-hydrogen) atoms. The van der Waals surface area contributed by atoms with Crippen molar-refractivity contribution in [3.8, 4) is 0 Å². The van der Waals surface area contributed by atoms with Crippen molar-refractivity contribution in [2.75, 3.05) is 0 Å². The Labute approximate surface area is 171 Å². The number of imidazole rings is 1. The first kappa shape index (κ1) is 20.5. The van der Waals surface area contributed by atoms with Gasteiger partial charge in [-0.2, -0.15) is 0 Å². The first-order valence-electron chi connectivity index (χ1n) is 10.0. The van der Waals surface area contributed by atoms with Gasteiger partial charge in [0.1, 0.15) is 5.82 Å². The van der Waals surface area contributed by atoms with E-state index in [1.807, 2.05) is 31.3 Å². The monoisotopic (exact) mass is 389 g/mol. The van der Waals surface area contributed by atoms with Crippen LogP contribution >= 0.6 is 0 Å². The minimum Gasteiger partial charge on any atom is -0.478 e. The molecule has 2 heterocycles. The van der Waals surface area contributed by atoms with Crippen molar-refractivity contribution < 1.29 is 9.90 Å². The molecule has 5 heteroatoms. The maximum atomic E-state index is 11.2. The van der Waals surface area contributed by atoms with Gasteiger partial charge in [0.15, 0.2) is 0 Å². The van der Waals surface area contributed by atoms with Gasteiger partial charge in [-0.05, 0) is 43.9 Å². The molecule has 3 rings (SSSR count). The number of carboxylic acid groups (broad SMARTS) is 1. The zero-order chi connectivity index (χ0) is 20.6. The van der Waals surface area contributed by atoms with Gasteiger partial charge in [0.2, 0.25) is 0 Å². The van der Waals surface area contributed by atoms with Crippen molar-refractivity contribution in [2.24, 2.45) is 0 Å². The van der Waals surface area contributed by atoms with E-state index >= 15 is 0 Å². The van der Waals surface area contributed by atoms with Gasteiger partial charge >= 0.3 is 5.97 Å². The van der Waals surface area contributed by atoms with E-state index < -0.39 is 5.97 Å². The Morgan fingerprint density at radius 2 is 1.97 bits per heavy atom. The minimum absolute atomic E-state index is 0.299. The third-order valence-electron chi connectivity index (χ3n) is 4.87. The number of pyridine rings is 1. The van der Waals surface area contributed by atoms with Gasteiger partial charge in [-0.15, -0.1) is 0 Å². The fraction of sp³-hybridized carbons (Fsp3) is 0.292. The first-order chi connectivity index (χ1) is 14.1. The van der Waals surface area contributed by atoms with E-state index in [4.69, 9.17) is 0 Å². The predicted molar refractivity (Wildman–Crippen MR) is 115 cm³/mol. The fourth-order valence-electron chi connectivity index (χ4n) is 3.43. The van der Waals surface area contributed by atoms with Crippen molar-refractivity contribution in [2.45, 2.75) is 46.1 Å². The molecule has 0 atom stereocenters. The largest absolute Gasteiger partial charge is 0.478 e. The summed E-state index contributed by atoms with van der Waals surface area (Å²) in [7, 11) is 0. The molecule has 0 amide bonds. The zero-order valence-electron chi connectivity index (χ0n) is 17.0. The molecule has 0 aliphatic rings. The topological polar surface area (TPSA) is 68.0 Å². The molecular formula is C24H27N3O2. The summed E-state index contributed by atoms with van der Waals surface area (Å²) in [4.78, 5) is 20.3. The van der Waals surface area contributed by atoms with Crippen LogP contribution in [0.1, 0.15) is 52.2 Å². The molecule has 1 N–H and O–H groups in total. The maximum Gasteiger partial charge on any atom is 0.335 e. The molecule has 0 saturated carbocycles. The first-order valence-corrected chi connectivity index (χ1v) is 10.0. The highest BCUT2D eigenvalue weighted by Gasteiger charge is 2.10. The second kappa shape index (κ2) is 9.82. The van der Waals surface area contributed by atoms with E-state index in [1.165, 1.54) is 11.3 Å². The third-order valence-corrected chi connectivity index (χ3v) is 4.87. The summed E-state index contributed by atoms with van der Waals surface area (Å²) in [5.74, 6) is 0.149. The number of hydrogen-bond donors (Lipinski definition) is 1. The van der Waals surface area contributed by atoms with Gasteiger partial charge in [-0.25, -0.2) is 9.78 Å². The summed E-state index contributed by atoms with van der Waals surface area (Å²) >= 11 is 0. The van der Waals surface area contributed by atoms with E-state index in [-0.39, 0.29) is 0 Å². The lowest BCUT2D eigenvalue weighted by molar-refractivity contribution is 0.0696. The third kappa shape index (κ3) is 5.64. The summed E-state index contributed by atoms with van der Waals surface area (Å²) in [6, 6.07) is 13.5. The van der Waals surface area contributed by atoms with Gasteiger partial charge in [0, 0.05) is 36.2 Å². The van der Waals surface area contributed by atoms with Crippen molar-refractivity contribution >= 4 is 12.0 Å². The van der Waals surface area contributed by atoms with Crippen LogP contribution in [0, 0.1) is 6.92 Å². The highest BCUT2D eigenvalue weighted by atomic mass is 16.4. The number of aromatic nitrogens is 3. The molecule has 0 spiro atoms. The van der Waals surface area contributed by atoms with Gasteiger partial charge in [-0.1, -0.05) is 49.4 Å². The number of aromatic carboxylic acids is 1. The normalized spacial score (nSPS) is 11.2. The standard InChI is InChI=1S/C24H27N3O2/c1-3-22-17-25-23(27(22)14-8-11-19-9-5-4-6-10-19)13-7-12-21-16-20(24(28)29)15-18(2)26-21/h4-6,8-11,15-17H,3,7,12-14H2,1-2H3,(H,28,29)/b11-8+. The second-order valence-corrected chi connectivity index (χ2v) is 7.09. The van der Waals surface area contributed by atoms with E-state index in [0.717, 1.165) is 49.4 Å². The Kier molecular flexibility index (Phi) is 6.95.